The van der Waals surface area contributed by atoms with Gasteiger partial charge in [-0.05, 0) is 49.6 Å². The van der Waals surface area contributed by atoms with Gasteiger partial charge >= 0.3 is 5.97 Å². The highest BCUT2D eigenvalue weighted by molar-refractivity contribution is 5.95. The molecule has 1 amide bonds. The van der Waals surface area contributed by atoms with Crippen molar-refractivity contribution in [2.24, 2.45) is 0 Å². The van der Waals surface area contributed by atoms with Gasteiger partial charge in [0.25, 0.3) is 0 Å². The molecule has 0 radical (unpaired) electrons. The summed E-state index contributed by atoms with van der Waals surface area (Å²) in [6.45, 7) is 6.22. The fourth-order valence-electron chi connectivity index (χ4n) is 2.39. The number of ether oxygens (including phenoxy) is 1. The van der Waals surface area contributed by atoms with Crippen molar-refractivity contribution >= 4 is 23.6 Å². The molecular formula is C16H19NO3. The quantitative estimate of drug-likeness (QED) is 0.628. The molecule has 4 nitrogen and oxygen atoms in total. The van der Waals surface area contributed by atoms with Crippen LogP contribution >= 0.6 is 0 Å². The molecule has 1 aliphatic rings. The summed E-state index contributed by atoms with van der Waals surface area (Å²) < 4.78 is 4.96. The van der Waals surface area contributed by atoms with Crippen LogP contribution in [0.25, 0.3) is 6.08 Å². The number of nitrogens with zero attached hydrogens (tertiary/aromatic N) is 1. The van der Waals surface area contributed by atoms with Crippen molar-refractivity contribution < 1.29 is 14.3 Å². The summed E-state index contributed by atoms with van der Waals surface area (Å²) >= 11 is 0. The minimum absolute atomic E-state index is 0.0646. The number of anilines is 1. The van der Waals surface area contributed by atoms with Crippen molar-refractivity contribution in [3.05, 3.63) is 34.9 Å². The number of rotatable bonds is 3. The molecule has 0 bridgehead atoms. The smallest absolute Gasteiger partial charge is 0.333 e. The van der Waals surface area contributed by atoms with E-state index in [1.165, 1.54) is 0 Å². The van der Waals surface area contributed by atoms with Crippen LogP contribution in [-0.4, -0.2) is 25.0 Å². The van der Waals surface area contributed by atoms with Crippen molar-refractivity contribution in [2.45, 2.75) is 27.2 Å². The van der Waals surface area contributed by atoms with Crippen LogP contribution in [0.15, 0.2) is 23.8 Å². The summed E-state index contributed by atoms with van der Waals surface area (Å²) in [4.78, 5) is 24.8. The van der Waals surface area contributed by atoms with E-state index in [0.29, 0.717) is 12.2 Å². The Balaban J connectivity index is 2.23. The Morgan fingerprint density at radius 2 is 2.10 bits per heavy atom. The lowest BCUT2D eigenvalue weighted by molar-refractivity contribution is -0.138. The standard InChI is InChI=1S/C16H19NO3/c1-4-20-16(19)11(2)9-13-5-6-15-14(10-13)7-8-17(15)12(3)18/h5-6,9-10H,4,7-8H2,1-3H3. The van der Waals surface area contributed by atoms with E-state index in [-0.39, 0.29) is 11.9 Å². The van der Waals surface area contributed by atoms with Crippen molar-refractivity contribution in [3.63, 3.8) is 0 Å². The zero-order valence-corrected chi connectivity index (χ0v) is 12.1. The first-order valence-electron chi connectivity index (χ1n) is 6.79. The number of carbonyl (C=O) groups excluding carboxylic acids is 2. The average molecular weight is 273 g/mol. The molecule has 0 N–H and O–H groups in total. The van der Waals surface area contributed by atoms with Gasteiger partial charge in [-0.3, -0.25) is 4.79 Å². The Morgan fingerprint density at radius 3 is 2.75 bits per heavy atom. The molecule has 4 heteroatoms. The lowest BCUT2D eigenvalue weighted by Crippen LogP contribution is -2.25. The molecule has 1 heterocycles. The normalized spacial score (nSPS) is 14.2. The second kappa shape index (κ2) is 5.90. The van der Waals surface area contributed by atoms with Crippen LogP contribution in [0.2, 0.25) is 0 Å². The Labute approximate surface area is 119 Å². The summed E-state index contributed by atoms with van der Waals surface area (Å²) in [6, 6.07) is 5.89. The van der Waals surface area contributed by atoms with E-state index in [2.05, 4.69) is 0 Å². The molecule has 1 aromatic carbocycles. The molecule has 0 fully saturated rings. The number of carbonyl (C=O) groups is 2. The summed E-state index contributed by atoms with van der Waals surface area (Å²) in [5, 5.41) is 0. The molecular weight excluding hydrogens is 254 g/mol. The third-order valence-corrected chi connectivity index (χ3v) is 3.36. The molecule has 0 saturated heterocycles. The summed E-state index contributed by atoms with van der Waals surface area (Å²) in [6.07, 6.45) is 2.67. The zero-order chi connectivity index (χ0) is 14.7. The maximum atomic E-state index is 11.6. The first-order chi connectivity index (χ1) is 9.52. The molecule has 0 aliphatic carbocycles. The van der Waals surface area contributed by atoms with Crippen LogP contribution in [0.5, 0.6) is 0 Å². The highest BCUT2D eigenvalue weighted by Crippen LogP contribution is 2.29. The third kappa shape index (κ3) is 2.90. The fraction of sp³-hybridized carbons (Fsp3) is 0.375. The Morgan fingerprint density at radius 1 is 1.35 bits per heavy atom. The molecule has 0 unspecified atom stereocenters. The van der Waals surface area contributed by atoms with Gasteiger partial charge in [0, 0.05) is 24.7 Å². The molecule has 20 heavy (non-hydrogen) atoms. The van der Waals surface area contributed by atoms with E-state index in [9.17, 15) is 9.59 Å². The predicted molar refractivity (Wildman–Crippen MR) is 78.5 cm³/mol. The summed E-state index contributed by atoms with van der Waals surface area (Å²) in [5.41, 5.74) is 3.65. The first kappa shape index (κ1) is 14.3. The van der Waals surface area contributed by atoms with Gasteiger partial charge in [-0.25, -0.2) is 4.79 Å². The molecule has 0 saturated carbocycles. The summed E-state index contributed by atoms with van der Waals surface area (Å²) in [7, 11) is 0. The van der Waals surface area contributed by atoms with Crippen molar-refractivity contribution in [1.82, 2.24) is 0 Å². The van der Waals surface area contributed by atoms with Crippen LogP contribution in [0, 0.1) is 0 Å². The minimum Gasteiger partial charge on any atom is -0.463 e. The van der Waals surface area contributed by atoms with Gasteiger partial charge in [-0.2, -0.15) is 0 Å². The fourth-order valence-corrected chi connectivity index (χ4v) is 2.39. The van der Waals surface area contributed by atoms with Gasteiger partial charge in [-0.1, -0.05) is 6.07 Å². The van der Waals surface area contributed by atoms with Crippen LogP contribution in [0.1, 0.15) is 31.9 Å². The largest absolute Gasteiger partial charge is 0.463 e. The van der Waals surface area contributed by atoms with Crippen LogP contribution in [0.4, 0.5) is 5.69 Å². The van der Waals surface area contributed by atoms with Gasteiger partial charge in [0.05, 0.1) is 6.61 Å². The van der Waals surface area contributed by atoms with Gasteiger partial charge in [0.2, 0.25) is 5.91 Å². The highest BCUT2D eigenvalue weighted by Gasteiger charge is 2.21. The van der Waals surface area contributed by atoms with Crippen LogP contribution < -0.4 is 4.90 Å². The number of esters is 1. The topological polar surface area (TPSA) is 46.6 Å². The zero-order valence-electron chi connectivity index (χ0n) is 12.1. The molecule has 0 spiro atoms. The second-order valence-corrected chi connectivity index (χ2v) is 4.86. The molecule has 1 aliphatic heterocycles. The number of hydrogen-bond acceptors (Lipinski definition) is 3. The minimum atomic E-state index is -0.293. The van der Waals surface area contributed by atoms with Gasteiger partial charge in [0.1, 0.15) is 0 Å². The Bertz CT molecular complexity index is 575. The molecule has 106 valence electrons. The number of amides is 1. The van der Waals surface area contributed by atoms with E-state index >= 15 is 0 Å². The van der Waals surface area contributed by atoms with Gasteiger partial charge < -0.3 is 9.64 Å². The SMILES string of the molecule is CCOC(=O)C(C)=Cc1ccc2c(c1)CCN2C(C)=O. The van der Waals surface area contributed by atoms with E-state index < -0.39 is 0 Å². The van der Waals surface area contributed by atoms with E-state index in [0.717, 1.165) is 29.8 Å². The highest BCUT2D eigenvalue weighted by atomic mass is 16.5. The lowest BCUT2D eigenvalue weighted by Gasteiger charge is -2.14. The molecule has 0 aromatic heterocycles. The summed E-state index contributed by atoms with van der Waals surface area (Å²) in [5.74, 6) is -0.229. The van der Waals surface area contributed by atoms with E-state index in [4.69, 9.17) is 4.74 Å². The van der Waals surface area contributed by atoms with E-state index in [1.807, 2.05) is 24.3 Å². The number of hydrogen-bond donors (Lipinski definition) is 0. The monoisotopic (exact) mass is 273 g/mol. The third-order valence-electron chi connectivity index (χ3n) is 3.36. The van der Waals surface area contributed by atoms with Crippen LogP contribution in [-0.2, 0) is 20.7 Å². The maximum absolute atomic E-state index is 11.6. The second-order valence-electron chi connectivity index (χ2n) is 4.86. The van der Waals surface area contributed by atoms with Crippen molar-refractivity contribution in [2.75, 3.05) is 18.1 Å². The van der Waals surface area contributed by atoms with Crippen molar-refractivity contribution in [1.29, 1.82) is 0 Å². The lowest BCUT2D eigenvalue weighted by atomic mass is 10.1. The van der Waals surface area contributed by atoms with Crippen LogP contribution in [0.3, 0.4) is 0 Å². The molecule has 0 atom stereocenters. The molecule has 1 aromatic rings. The predicted octanol–water partition coefficient (Wildman–Crippen LogP) is 2.56. The average Bonchev–Trinajstić information content (AvgIpc) is 2.82. The number of benzene rings is 1. The molecule has 2 rings (SSSR count). The van der Waals surface area contributed by atoms with Crippen molar-refractivity contribution in [3.8, 4) is 0 Å². The van der Waals surface area contributed by atoms with Gasteiger partial charge in [0.15, 0.2) is 0 Å². The Hall–Kier alpha value is -2.10. The first-order valence-corrected chi connectivity index (χ1v) is 6.79. The Kier molecular flexibility index (Phi) is 4.23. The maximum Gasteiger partial charge on any atom is 0.333 e. The van der Waals surface area contributed by atoms with Gasteiger partial charge in [-0.15, -0.1) is 0 Å². The van der Waals surface area contributed by atoms with E-state index in [1.54, 1.807) is 25.7 Å². The number of fused-ring (bicyclic) bond motifs is 1.